The molecule has 4 rings (SSSR count). The molecule has 7 N–H and O–H groups in total. The van der Waals surface area contributed by atoms with E-state index in [-0.39, 0.29) is 38.7 Å². The number of fused-ring (bicyclic) bond motifs is 1. The zero-order valence-corrected chi connectivity index (χ0v) is 15.2. The molecule has 3 heterocycles. The Hall–Kier alpha value is -3.50. The largest absolute Gasteiger partial charge is 0.384 e. The Morgan fingerprint density at radius 1 is 0.750 bits per heavy atom. The van der Waals surface area contributed by atoms with E-state index in [9.17, 15) is 19.2 Å². The number of benzene rings is 1. The van der Waals surface area contributed by atoms with Gasteiger partial charge < -0.3 is 10.7 Å². The molecular weight excluding hydrogens is 411 g/mol. The summed E-state index contributed by atoms with van der Waals surface area (Å²) >= 11 is 12.0. The molecule has 0 aliphatic carbocycles. The fourth-order valence-electron chi connectivity index (χ4n) is 3.00. The van der Waals surface area contributed by atoms with Crippen LogP contribution in [0.4, 0.5) is 5.82 Å². The predicted molar refractivity (Wildman–Crippen MR) is 106 cm³/mol. The van der Waals surface area contributed by atoms with Gasteiger partial charge in [0, 0.05) is 11.1 Å². The van der Waals surface area contributed by atoms with Gasteiger partial charge in [-0.15, -0.1) is 0 Å². The van der Waals surface area contributed by atoms with Crippen LogP contribution in [0.15, 0.2) is 37.4 Å². The van der Waals surface area contributed by atoms with Crippen molar-refractivity contribution in [3.63, 3.8) is 0 Å². The molecule has 0 aliphatic rings. The molecule has 10 nitrogen and oxygen atoms in total. The summed E-state index contributed by atoms with van der Waals surface area (Å²) in [4.78, 5) is 59.9. The second kappa shape index (κ2) is 6.29. The number of halogens is 2. The summed E-state index contributed by atoms with van der Waals surface area (Å²) in [5.74, 6) is -0.249. The van der Waals surface area contributed by atoms with E-state index in [2.05, 4.69) is 24.9 Å². The van der Waals surface area contributed by atoms with E-state index in [1.54, 1.807) is 6.07 Å². The van der Waals surface area contributed by atoms with Gasteiger partial charge in [-0.25, -0.2) is 9.59 Å². The lowest BCUT2D eigenvalue weighted by Crippen LogP contribution is -2.26. The summed E-state index contributed by atoms with van der Waals surface area (Å²) in [5, 5.41) is 0.509. The first-order chi connectivity index (χ1) is 13.3. The topological polar surface area (TPSA) is 173 Å². The van der Waals surface area contributed by atoms with Gasteiger partial charge >= 0.3 is 11.4 Å². The lowest BCUT2D eigenvalue weighted by atomic mass is 10.0. The highest BCUT2D eigenvalue weighted by molar-refractivity contribution is 6.42. The first-order valence-corrected chi connectivity index (χ1v) is 8.48. The monoisotopic (exact) mass is 420 g/mol. The Balaban J connectivity index is 2.22. The minimum atomic E-state index is -0.811. The molecule has 0 bridgehead atoms. The summed E-state index contributed by atoms with van der Waals surface area (Å²) in [5.41, 5.74) is 3.49. The molecule has 28 heavy (non-hydrogen) atoms. The third-order valence-electron chi connectivity index (χ3n) is 4.12. The maximum absolute atomic E-state index is 12.5. The van der Waals surface area contributed by atoms with Gasteiger partial charge in [0.2, 0.25) is 0 Å². The first kappa shape index (κ1) is 17.9. The molecule has 0 fully saturated rings. The Labute approximate surface area is 163 Å². The molecule has 0 unspecified atom stereocenters. The molecule has 1 aromatic carbocycles. The molecule has 0 spiro atoms. The molecular formula is C16H10Cl2N6O4. The number of aromatic amines is 5. The predicted octanol–water partition coefficient (Wildman–Crippen LogP) is 1.14. The van der Waals surface area contributed by atoms with Crippen molar-refractivity contribution in [2.24, 2.45) is 0 Å². The summed E-state index contributed by atoms with van der Waals surface area (Å²) in [6.45, 7) is 0. The van der Waals surface area contributed by atoms with E-state index in [0.717, 1.165) is 0 Å². The quantitative estimate of drug-likeness (QED) is 0.284. The van der Waals surface area contributed by atoms with Crippen molar-refractivity contribution in [1.29, 1.82) is 0 Å². The lowest BCUT2D eigenvalue weighted by molar-refractivity contribution is 1.05. The summed E-state index contributed by atoms with van der Waals surface area (Å²) in [7, 11) is 0. The van der Waals surface area contributed by atoms with Crippen LogP contribution in [0.25, 0.3) is 33.4 Å². The van der Waals surface area contributed by atoms with Gasteiger partial charge in [-0.3, -0.25) is 29.5 Å². The summed E-state index contributed by atoms with van der Waals surface area (Å²) < 4.78 is 0. The normalized spacial score (nSPS) is 11.2. The number of rotatable bonds is 2. The van der Waals surface area contributed by atoms with Crippen molar-refractivity contribution in [3.8, 4) is 22.4 Å². The van der Waals surface area contributed by atoms with Crippen molar-refractivity contribution in [2.45, 2.75) is 0 Å². The SMILES string of the molecule is Nc1[nH]c(=O)[nH]c(=O)c1-c1c(-c2ccc(Cl)c(Cl)c2)[nH]c2[nH]c(=O)[nH]c(=O)c12. The van der Waals surface area contributed by atoms with E-state index in [1.165, 1.54) is 12.1 Å². The molecule has 0 atom stereocenters. The van der Waals surface area contributed by atoms with Gasteiger partial charge in [0.05, 0.1) is 26.7 Å². The second-order valence-electron chi connectivity index (χ2n) is 5.86. The van der Waals surface area contributed by atoms with E-state index in [4.69, 9.17) is 28.9 Å². The molecule has 4 aromatic rings. The lowest BCUT2D eigenvalue weighted by Gasteiger charge is -2.07. The minimum Gasteiger partial charge on any atom is -0.384 e. The average molecular weight is 421 g/mol. The number of nitrogens with two attached hydrogens (primary N) is 1. The summed E-state index contributed by atoms with van der Waals surface area (Å²) in [6, 6.07) is 4.65. The average Bonchev–Trinajstić information content (AvgIpc) is 2.95. The number of hydrogen-bond acceptors (Lipinski definition) is 5. The van der Waals surface area contributed by atoms with Crippen molar-refractivity contribution in [3.05, 3.63) is 69.9 Å². The fourth-order valence-corrected chi connectivity index (χ4v) is 3.30. The molecule has 0 amide bonds. The van der Waals surface area contributed by atoms with E-state index in [0.29, 0.717) is 10.6 Å². The highest BCUT2D eigenvalue weighted by Crippen LogP contribution is 2.37. The third-order valence-corrected chi connectivity index (χ3v) is 4.86. The number of anilines is 1. The Kier molecular flexibility index (Phi) is 4.02. The highest BCUT2D eigenvalue weighted by Gasteiger charge is 2.23. The molecule has 142 valence electrons. The van der Waals surface area contributed by atoms with Crippen LogP contribution < -0.4 is 28.2 Å². The molecule has 0 saturated carbocycles. The van der Waals surface area contributed by atoms with E-state index in [1.807, 2.05) is 0 Å². The Morgan fingerprint density at radius 2 is 1.43 bits per heavy atom. The minimum absolute atomic E-state index is 0.0232. The zero-order chi connectivity index (χ0) is 20.2. The van der Waals surface area contributed by atoms with Crippen LogP contribution in [0.2, 0.25) is 10.0 Å². The van der Waals surface area contributed by atoms with Crippen LogP contribution in [0.1, 0.15) is 0 Å². The van der Waals surface area contributed by atoms with Crippen LogP contribution in [0.3, 0.4) is 0 Å². The Morgan fingerprint density at radius 3 is 2.11 bits per heavy atom. The molecule has 0 radical (unpaired) electrons. The standard InChI is InChI=1S/C16H10Cl2N6O4/c17-5-2-1-4(3-6(5)18)10-7(8-11(19)21-15(27)23-13(8)25)9-12(20-10)22-16(28)24-14(9)26/h1-3H,(H4,19,21,23,25,27)(H3,20,22,24,26,28). The Bertz CT molecular complexity index is 1490. The van der Waals surface area contributed by atoms with Crippen LogP contribution >= 0.6 is 23.2 Å². The number of H-pyrrole nitrogens is 5. The maximum atomic E-state index is 12.5. The van der Waals surface area contributed by atoms with Crippen molar-refractivity contribution >= 4 is 40.1 Å². The first-order valence-electron chi connectivity index (χ1n) is 7.72. The molecule has 0 saturated heterocycles. The summed E-state index contributed by atoms with van der Waals surface area (Å²) in [6.07, 6.45) is 0. The van der Waals surface area contributed by atoms with Crippen LogP contribution in [0.5, 0.6) is 0 Å². The van der Waals surface area contributed by atoms with Gasteiger partial charge in [0.15, 0.2) is 0 Å². The van der Waals surface area contributed by atoms with Gasteiger partial charge in [0.1, 0.15) is 11.5 Å². The second-order valence-corrected chi connectivity index (χ2v) is 6.67. The van der Waals surface area contributed by atoms with Gasteiger partial charge in [-0.05, 0) is 12.1 Å². The van der Waals surface area contributed by atoms with Crippen LogP contribution in [-0.4, -0.2) is 24.9 Å². The molecule has 12 heteroatoms. The van der Waals surface area contributed by atoms with Gasteiger partial charge in [-0.2, -0.15) is 0 Å². The number of hydrogen-bond donors (Lipinski definition) is 6. The number of nitrogen functional groups attached to an aromatic ring is 1. The van der Waals surface area contributed by atoms with Crippen LogP contribution in [-0.2, 0) is 0 Å². The van der Waals surface area contributed by atoms with Crippen LogP contribution in [0, 0.1) is 0 Å². The van der Waals surface area contributed by atoms with Crippen molar-refractivity contribution in [1.82, 2.24) is 24.9 Å². The maximum Gasteiger partial charge on any atom is 0.327 e. The van der Waals surface area contributed by atoms with Gasteiger partial charge in [0.25, 0.3) is 11.1 Å². The van der Waals surface area contributed by atoms with Gasteiger partial charge in [-0.1, -0.05) is 29.3 Å². The van der Waals surface area contributed by atoms with Crippen molar-refractivity contribution in [2.75, 3.05) is 5.73 Å². The molecule has 3 aromatic heterocycles. The van der Waals surface area contributed by atoms with E-state index < -0.39 is 22.5 Å². The van der Waals surface area contributed by atoms with E-state index >= 15 is 0 Å². The molecule has 0 aliphatic heterocycles. The number of nitrogens with one attached hydrogen (secondary N) is 5. The fraction of sp³-hybridized carbons (Fsp3) is 0. The zero-order valence-electron chi connectivity index (χ0n) is 13.7. The third kappa shape index (κ3) is 2.75. The number of aromatic nitrogens is 5. The van der Waals surface area contributed by atoms with Crippen molar-refractivity contribution < 1.29 is 0 Å². The highest BCUT2D eigenvalue weighted by atomic mass is 35.5. The smallest absolute Gasteiger partial charge is 0.327 e.